The van der Waals surface area contributed by atoms with Gasteiger partial charge in [0.1, 0.15) is 0 Å². The van der Waals surface area contributed by atoms with Gasteiger partial charge in [-0.25, -0.2) is 0 Å². The Morgan fingerprint density at radius 3 is 1.00 bits per heavy atom. The van der Waals surface area contributed by atoms with Gasteiger partial charge >= 0.3 is 10.4 Å². The summed E-state index contributed by atoms with van der Waals surface area (Å²) < 4.78 is 31.6. The summed E-state index contributed by atoms with van der Waals surface area (Å²) in [5.41, 5.74) is 0. The van der Waals surface area contributed by atoms with Crippen LogP contribution in [0.25, 0.3) is 0 Å². The van der Waals surface area contributed by atoms with Crippen LogP contribution in [0.3, 0.4) is 0 Å². The zero-order valence-electron chi connectivity index (χ0n) is 4.24. The van der Waals surface area contributed by atoms with Gasteiger partial charge in [0, 0.05) is 19.5 Å². The summed E-state index contributed by atoms with van der Waals surface area (Å²) in [6.45, 7) is 0. The monoisotopic (exact) mass is 196 g/mol. The summed E-state index contributed by atoms with van der Waals surface area (Å²) >= 11 is 0. The maximum Gasteiger partial charge on any atom is 0.394 e. The largest absolute Gasteiger partial charge is 0.394 e. The van der Waals surface area contributed by atoms with E-state index in [1.165, 1.54) is 0 Å². The molecule has 0 radical (unpaired) electrons. The van der Waals surface area contributed by atoms with Crippen molar-refractivity contribution >= 4 is 10.4 Å². The van der Waals surface area contributed by atoms with Gasteiger partial charge in [-0.15, -0.1) is 0 Å². The first kappa shape index (κ1) is 23.7. The van der Waals surface area contributed by atoms with Crippen LogP contribution < -0.4 is 12.3 Å². The van der Waals surface area contributed by atoms with Crippen LogP contribution in [-0.2, 0) is 29.9 Å². The molecule has 0 aromatic carbocycles. The van der Waals surface area contributed by atoms with E-state index in [2.05, 4.69) is 0 Å². The molecular weight excluding hydrogens is 189 g/mol. The van der Waals surface area contributed by atoms with E-state index in [-0.39, 0.29) is 31.8 Å². The van der Waals surface area contributed by atoms with E-state index in [1.807, 2.05) is 0 Å². The molecule has 0 saturated carbocycles. The molecule has 0 spiro atoms. The predicted molar refractivity (Wildman–Crippen MR) is 24.2 cm³/mol. The average molecular weight is 198 g/mol. The third kappa shape index (κ3) is 1100. The molecule has 0 fully saturated rings. The quantitative estimate of drug-likeness (QED) is 0.309. The average Bonchev–Trinajstić information content (AvgIpc) is 0.722. The van der Waals surface area contributed by atoms with Crippen LogP contribution in [0.1, 0.15) is 0 Å². The second kappa shape index (κ2) is 7.41. The minimum atomic E-state index is -4.67. The Kier molecular flexibility index (Phi) is 22.0. The predicted octanol–water partition coefficient (Wildman–Crippen LogP) is -0.331. The van der Waals surface area contributed by atoms with Crippen molar-refractivity contribution in [3.05, 3.63) is 0 Å². The molecule has 0 aliphatic carbocycles. The molecule has 8 heavy (non-hydrogen) atoms. The Morgan fingerprint density at radius 1 is 1.00 bits per heavy atom. The Morgan fingerprint density at radius 2 is 1.00 bits per heavy atom. The molecule has 0 bridgehead atoms. The Balaban J connectivity index is -0.0000000267. The molecule has 8 N–H and O–H groups in total. The van der Waals surface area contributed by atoms with Crippen LogP contribution >= 0.6 is 0 Å². The van der Waals surface area contributed by atoms with Gasteiger partial charge in [0.05, 0.1) is 0 Å². The van der Waals surface area contributed by atoms with E-state index >= 15 is 0 Å². The van der Waals surface area contributed by atoms with Crippen LogP contribution in [0.15, 0.2) is 0 Å². The number of hydrogen-bond donors (Lipinski definition) is 4. The van der Waals surface area contributed by atoms with Gasteiger partial charge in [0.15, 0.2) is 0 Å². The Bertz CT molecular complexity index is 97.2. The topological polar surface area (TPSA) is 145 Å². The molecule has 0 unspecified atom stereocenters. The first-order valence-corrected chi connectivity index (χ1v) is 2.10. The van der Waals surface area contributed by atoms with Crippen molar-refractivity contribution in [3.63, 3.8) is 0 Å². The van der Waals surface area contributed by atoms with Crippen molar-refractivity contribution < 1.29 is 37.0 Å². The van der Waals surface area contributed by atoms with Crippen LogP contribution in [0, 0.1) is 0 Å². The fourth-order valence-electron chi connectivity index (χ4n) is 0. The summed E-state index contributed by atoms with van der Waals surface area (Å²) in [5, 5.41) is 0. The van der Waals surface area contributed by atoms with Gasteiger partial charge in [-0.05, 0) is 0 Å². The molecular formula is H8N2O4SZn. The fraction of sp³-hybridized carbons (Fsp3) is 0. The molecule has 0 heterocycles. The molecule has 6 nitrogen and oxygen atoms in total. The Labute approximate surface area is 60.2 Å². The summed E-state index contributed by atoms with van der Waals surface area (Å²) in [6, 6.07) is 0. The van der Waals surface area contributed by atoms with Gasteiger partial charge in [-0.3, -0.25) is 9.11 Å². The van der Waals surface area contributed by atoms with E-state index in [0.717, 1.165) is 0 Å². The zero-order valence-corrected chi connectivity index (χ0v) is 8.02. The fourth-order valence-corrected chi connectivity index (χ4v) is 0. The van der Waals surface area contributed by atoms with Crippen LogP contribution in [0.5, 0.6) is 0 Å². The third-order valence-corrected chi connectivity index (χ3v) is 0. The molecule has 0 aliphatic rings. The first-order valence-electron chi connectivity index (χ1n) is 0.698. The standard InChI is InChI=1S/2H3N.H2O4S.Zn/c;;1-5(2,3)4;/h2*1H3;(H2,1,2,3,4);. The molecule has 0 amide bonds. The van der Waals surface area contributed by atoms with E-state index < -0.39 is 10.4 Å². The van der Waals surface area contributed by atoms with Gasteiger partial charge in [0.2, 0.25) is 0 Å². The third-order valence-electron chi connectivity index (χ3n) is 0. The summed E-state index contributed by atoms with van der Waals surface area (Å²) in [5.74, 6) is 0. The minimum Gasteiger partial charge on any atom is -0.344 e. The smallest absolute Gasteiger partial charge is 0.344 e. The van der Waals surface area contributed by atoms with Gasteiger partial charge in [0.25, 0.3) is 0 Å². The van der Waals surface area contributed by atoms with Crippen molar-refractivity contribution in [1.82, 2.24) is 12.3 Å². The van der Waals surface area contributed by atoms with E-state index in [9.17, 15) is 0 Å². The molecule has 8 heteroatoms. The van der Waals surface area contributed by atoms with E-state index in [1.54, 1.807) is 0 Å². The molecule has 50 valence electrons. The van der Waals surface area contributed by atoms with Crippen LogP contribution in [0.4, 0.5) is 0 Å². The maximum absolute atomic E-state index is 8.74. The second-order valence-electron chi connectivity index (χ2n) is 0.448. The molecule has 0 rings (SSSR count). The molecule has 0 saturated heterocycles. The van der Waals surface area contributed by atoms with Gasteiger partial charge in [-0.2, -0.15) is 8.42 Å². The summed E-state index contributed by atoms with van der Waals surface area (Å²) in [4.78, 5) is 0. The molecule has 0 aromatic rings. The van der Waals surface area contributed by atoms with E-state index in [4.69, 9.17) is 17.5 Å². The molecule has 0 atom stereocenters. The minimum absolute atomic E-state index is 0. The van der Waals surface area contributed by atoms with E-state index in [0.29, 0.717) is 0 Å². The molecule has 0 aromatic heterocycles. The van der Waals surface area contributed by atoms with Crippen molar-refractivity contribution in [3.8, 4) is 0 Å². The normalized spacial score (nSPS) is 7.25. The van der Waals surface area contributed by atoms with Crippen LogP contribution in [-0.4, -0.2) is 17.5 Å². The SMILES string of the molecule is N.N.O=S(=O)(O)O.[Zn]. The summed E-state index contributed by atoms with van der Waals surface area (Å²) in [7, 11) is -4.67. The zero-order chi connectivity index (χ0) is 4.50. The number of hydrogen-bond acceptors (Lipinski definition) is 4. The van der Waals surface area contributed by atoms with Crippen molar-refractivity contribution in [2.45, 2.75) is 0 Å². The Hall–Kier alpha value is 0.413. The summed E-state index contributed by atoms with van der Waals surface area (Å²) in [6.07, 6.45) is 0. The number of rotatable bonds is 0. The maximum atomic E-state index is 8.74. The van der Waals surface area contributed by atoms with Crippen LogP contribution in [0.2, 0.25) is 0 Å². The van der Waals surface area contributed by atoms with Gasteiger partial charge < -0.3 is 12.3 Å². The van der Waals surface area contributed by atoms with Crippen molar-refractivity contribution in [2.24, 2.45) is 0 Å². The van der Waals surface area contributed by atoms with Crippen molar-refractivity contribution in [1.29, 1.82) is 0 Å². The van der Waals surface area contributed by atoms with Gasteiger partial charge in [-0.1, -0.05) is 0 Å². The van der Waals surface area contributed by atoms with Crippen molar-refractivity contribution in [2.75, 3.05) is 0 Å². The molecule has 0 aliphatic heterocycles. The second-order valence-corrected chi connectivity index (χ2v) is 1.34. The first-order chi connectivity index (χ1) is 2.00.